The first-order valence-electron chi connectivity index (χ1n) is 4.40. The van der Waals surface area contributed by atoms with Crippen LogP contribution >= 0.6 is 27.5 Å². The Bertz CT molecular complexity index is 445. The number of amides is 1. The molecule has 0 aliphatic carbocycles. The maximum absolute atomic E-state index is 11.6. The van der Waals surface area contributed by atoms with Crippen molar-refractivity contribution >= 4 is 39.1 Å². The number of benzene rings is 1. The van der Waals surface area contributed by atoms with Gasteiger partial charge in [-0.2, -0.15) is 0 Å². The van der Waals surface area contributed by atoms with Crippen molar-refractivity contribution in [3.05, 3.63) is 21.6 Å². The number of ether oxygens (including phenoxy) is 1. The van der Waals surface area contributed by atoms with Crippen LogP contribution in [0.5, 0.6) is 5.75 Å². The van der Waals surface area contributed by atoms with E-state index in [2.05, 4.69) is 21.2 Å². The third-order valence-corrected chi connectivity index (χ3v) is 3.38. The highest BCUT2D eigenvalue weighted by molar-refractivity contribution is 9.10. The van der Waals surface area contributed by atoms with Crippen LogP contribution in [-0.4, -0.2) is 11.5 Å². The third kappa shape index (κ3) is 1.84. The molecule has 3 nitrogen and oxygen atoms in total. The summed E-state index contributed by atoms with van der Waals surface area (Å²) in [4.78, 5) is 11.6. The number of nitrogens with one attached hydrogen (secondary N) is 1. The molecule has 0 saturated carbocycles. The smallest absolute Gasteiger partial charge is 0.268 e. The number of fused-ring (bicyclic) bond motifs is 1. The van der Waals surface area contributed by atoms with E-state index in [1.165, 1.54) is 0 Å². The molecular weight excluding hydrogens is 281 g/mol. The molecule has 1 aliphatic rings. The molecule has 1 amide bonds. The summed E-state index contributed by atoms with van der Waals surface area (Å²) in [6.45, 7) is 3.42. The molecule has 1 N–H and O–H groups in total. The van der Waals surface area contributed by atoms with Gasteiger partial charge in [0.2, 0.25) is 0 Å². The molecule has 0 atom stereocenters. The zero-order valence-corrected chi connectivity index (χ0v) is 10.6. The topological polar surface area (TPSA) is 38.3 Å². The van der Waals surface area contributed by atoms with E-state index in [-0.39, 0.29) is 5.91 Å². The normalized spacial score (nSPS) is 17.7. The first kappa shape index (κ1) is 10.8. The second-order valence-corrected chi connectivity index (χ2v) is 5.09. The van der Waals surface area contributed by atoms with Crippen LogP contribution in [0.2, 0.25) is 5.02 Å². The molecule has 0 bridgehead atoms. The monoisotopic (exact) mass is 289 g/mol. The predicted octanol–water partition coefficient (Wildman–Crippen LogP) is 3.21. The van der Waals surface area contributed by atoms with Gasteiger partial charge in [0.25, 0.3) is 5.91 Å². The van der Waals surface area contributed by atoms with Crippen LogP contribution in [0.25, 0.3) is 0 Å². The minimum Gasteiger partial charge on any atom is -0.476 e. The summed E-state index contributed by atoms with van der Waals surface area (Å²) in [6, 6.07) is 3.41. The molecule has 0 spiro atoms. The third-order valence-electron chi connectivity index (χ3n) is 2.18. The number of carbonyl (C=O) groups excluding carboxylic acids is 1. The number of anilines is 1. The van der Waals surface area contributed by atoms with Crippen molar-refractivity contribution in [3.63, 3.8) is 0 Å². The van der Waals surface area contributed by atoms with E-state index in [1.54, 1.807) is 26.0 Å². The fourth-order valence-corrected chi connectivity index (χ4v) is 1.80. The van der Waals surface area contributed by atoms with Crippen LogP contribution in [0.3, 0.4) is 0 Å². The number of carbonyl (C=O) groups is 1. The zero-order valence-electron chi connectivity index (χ0n) is 8.23. The van der Waals surface area contributed by atoms with Gasteiger partial charge in [0.05, 0.1) is 10.7 Å². The highest BCUT2D eigenvalue weighted by Crippen LogP contribution is 2.39. The van der Waals surface area contributed by atoms with Crippen LogP contribution in [0.1, 0.15) is 13.8 Å². The van der Waals surface area contributed by atoms with Gasteiger partial charge in [-0.3, -0.25) is 4.79 Å². The van der Waals surface area contributed by atoms with E-state index < -0.39 is 5.60 Å². The lowest BCUT2D eigenvalue weighted by atomic mass is 10.1. The van der Waals surface area contributed by atoms with E-state index >= 15 is 0 Å². The van der Waals surface area contributed by atoms with Crippen LogP contribution in [-0.2, 0) is 4.79 Å². The van der Waals surface area contributed by atoms with E-state index in [9.17, 15) is 4.79 Å². The molecule has 5 heteroatoms. The zero-order chi connectivity index (χ0) is 11.2. The number of hydrogen-bond donors (Lipinski definition) is 1. The average molecular weight is 291 g/mol. The Balaban J connectivity index is 2.51. The molecule has 1 aromatic rings. The highest BCUT2D eigenvalue weighted by Gasteiger charge is 2.35. The maximum Gasteiger partial charge on any atom is 0.268 e. The first-order chi connectivity index (χ1) is 6.90. The number of hydrogen-bond acceptors (Lipinski definition) is 2. The Kier molecular flexibility index (Phi) is 2.43. The van der Waals surface area contributed by atoms with Gasteiger partial charge in [0, 0.05) is 10.5 Å². The van der Waals surface area contributed by atoms with Gasteiger partial charge in [-0.05, 0) is 35.8 Å². The van der Waals surface area contributed by atoms with Crippen molar-refractivity contribution in [2.45, 2.75) is 19.4 Å². The molecule has 0 aromatic heterocycles. The van der Waals surface area contributed by atoms with Crippen molar-refractivity contribution in [2.24, 2.45) is 0 Å². The molecule has 1 heterocycles. The Morgan fingerprint density at radius 2 is 2.13 bits per heavy atom. The molecule has 0 fully saturated rings. The number of halogens is 2. The summed E-state index contributed by atoms with van der Waals surface area (Å²) in [5, 5.41) is 3.32. The highest BCUT2D eigenvalue weighted by atomic mass is 79.9. The summed E-state index contributed by atoms with van der Waals surface area (Å²) in [7, 11) is 0. The van der Waals surface area contributed by atoms with Crippen molar-refractivity contribution in [1.29, 1.82) is 0 Å². The SMILES string of the molecule is CC1(C)Oc2cc(Cl)c(Br)cc2NC1=O. The molecule has 0 radical (unpaired) electrons. The standard InChI is InChI=1S/C10H9BrClNO2/c1-10(2)9(14)13-7-3-5(11)6(12)4-8(7)15-10/h3-4H,1-2H3,(H,13,14). The van der Waals surface area contributed by atoms with Crippen molar-refractivity contribution in [1.82, 2.24) is 0 Å². The lowest BCUT2D eigenvalue weighted by Crippen LogP contribution is -2.45. The van der Waals surface area contributed by atoms with Gasteiger partial charge < -0.3 is 10.1 Å². The van der Waals surface area contributed by atoms with Crippen molar-refractivity contribution in [3.8, 4) is 5.75 Å². The summed E-state index contributed by atoms with van der Waals surface area (Å²) in [5.41, 5.74) is -0.222. The summed E-state index contributed by atoms with van der Waals surface area (Å²) < 4.78 is 6.28. The van der Waals surface area contributed by atoms with Crippen LogP contribution in [0.15, 0.2) is 16.6 Å². The Hall–Kier alpha value is -0.740. The lowest BCUT2D eigenvalue weighted by Gasteiger charge is -2.31. The summed E-state index contributed by atoms with van der Waals surface area (Å²) in [5.74, 6) is 0.428. The molecule has 15 heavy (non-hydrogen) atoms. The van der Waals surface area contributed by atoms with Gasteiger partial charge in [-0.1, -0.05) is 11.6 Å². The molecular formula is C10H9BrClNO2. The Morgan fingerprint density at radius 3 is 2.80 bits per heavy atom. The fourth-order valence-electron chi connectivity index (χ4n) is 1.30. The van der Waals surface area contributed by atoms with Gasteiger partial charge in [-0.25, -0.2) is 0 Å². The molecule has 0 saturated heterocycles. The minimum absolute atomic E-state index is 0.163. The second kappa shape index (κ2) is 3.39. The molecule has 2 rings (SSSR count). The average Bonchev–Trinajstić information content (AvgIpc) is 2.11. The van der Waals surface area contributed by atoms with Crippen molar-refractivity contribution < 1.29 is 9.53 Å². The predicted molar refractivity (Wildman–Crippen MR) is 62.5 cm³/mol. The minimum atomic E-state index is -0.857. The number of rotatable bonds is 0. The molecule has 1 aliphatic heterocycles. The van der Waals surface area contributed by atoms with Gasteiger partial charge in [0.15, 0.2) is 5.60 Å². The maximum atomic E-state index is 11.6. The Morgan fingerprint density at radius 1 is 1.47 bits per heavy atom. The van der Waals surface area contributed by atoms with Gasteiger partial charge in [0.1, 0.15) is 5.75 Å². The molecule has 80 valence electrons. The second-order valence-electron chi connectivity index (χ2n) is 3.83. The molecule has 0 unspecified atom stereocenters. The lowest BCUT2D eigenvalue weighted by molar-refractivity contribution is -0.129. The summed E-state index contributed by atoms with van der Waals surface area (Å²) in [6.07, 6.45) is 0. The quantitative estimate of drug-likeness (QED) is 0.797. The van der Waals surface area contributed by atoms with E-state index in [4.69, 9.17) is 16.3 Å². The fraction of sp³-hybridized carbons (Fsp3) is 0.300. The van der Waals surface area contributed by atoms with Gasteiger partial charge >= 0.3 is 0 Å². The van der Waals surface area contributed by atoms with Crippen LogP contribution < -0.4 is 10.1 Å². The molecule has 1 aromatic carbocycles. The van der Waals surface area contributed by atoms with Crippen LogP contribution in [0.4, 0.5) is 5.69 Å². The van der Waals surface area contributed by atoms with Crippen molar-refractivity contribution in [2.75, 3.05) is 5.32 Å². The first-order valence-corrected chi connectivity index (χ1v) is 5.57. The van der Waals surface area contributed by atoms with Gasteiger partial charge in [-0.15, -0.1) is 0 Å². The van der Waals surface area contributed by atoms with E-state index in [1.807, 2.05) is 0 Å². The Labute approximate surface area is 101 Å². The van der Waals surface area contributed by atoms with E-state index in [0.29, 0.717) is 16.5 Å². The van der Waals surface area contributed by atoms with E-state index in [0.717, 1.165) is 4.47 Å². The summed E-state index contributed by atoms with van der Waals surface area (Å²) >= 11 is 9.22. The largest absolute Gasteiger partial charge is 0.476 e. The van der Waals surface area contributed by atoms with Crippen LogP contribution in [0, 0.1) is 0 Å².